The van der Waals surface area contributed by atoms with Crippen molar-refractivity contribution in [2.75, 3.05) is 5.43 Å². The van der Waals surface area contributed by atoms with Gasteiger partial charge in [-0.1, -0.05) is 35.9 Å². The zero-order chi connectivity index (χ0) is 16.2. The number of hydrogen-bond acceptors (Lipinski definition) is 4. The lowest BCUT2D eigenvalue weighted by Gasteiger charge is -2.10. The van der Waals surface area contributed by atoms with Gasteiger partial charge in [0, 0.05) is 11.6 Å². The van der Waals surface area contributed by atoms with Gasteiger partial charge in [0.15, 0.2) is 0 Å². The van der Waals surface area contributed by atoms with Gasteiger partial charge < -0.3 is 0 Å². The molecule has 0 aliphatic carbocycles. The molecule has 3 rings (SSSR count). The van der Waals surface area contributed by atoms with Gasteiger partial charge in [-0.3, -0.25) is 9.36 Å². The van der Waals surface area contributed by atoms with Crippen LogP contribution in [0.25, 0.3) is 10.9 Å². The minimum absolute atomic E-state index is 0.0847. The Kier molecular flexibility index (Phi) is 4.39. The van der Waals surface area contributed by atoms with Gasteiger partial charge >= 0.3 is 0 Å². The Hall–Kier alpha value is -2.66. The summed E-state index contributed by atoms with van der Waals surface area (Å²) in [4.78, 5) is 16.9. The first-order chi connectivity index (χ1) is 11.2. The Balaban J connectivity index is 1.95. The molecule has 3 aromatic rings. The van der Waals surface area contributed by atoms with Crippen molar-refractivity contribution in [1.82, 2.24) is 9.55 Å². The zero-order valence-electron chi connectivity index (χ0n) is 12.5. The highest BCUT2D eigenvalue weighted by molar-refractivity contribution is 6.30. The standard InChI is InChI=1S/C17H15ClN4O/c1-2-22-16(23)14-8-3-4-9-15(14)20-17(22)21-19-11-12-6-5-7-13(18)10-12/h3-11H,2H2,1H3,(H,20,21)/b19-11-. The van der Waals surface area contributed by atoms with Crippen molar-refractivity contribution in [2.24, 2.45) is 5.10 Å². The summed E-state index contributed by atoms with van der Waals surface area (Å²) >= 11 is 5.93. The highest BCUT2D eigenvalue weighted by atomic mass is 35.5. The van der Waals surface area contributed by atoms with Crippen LogP contribution < -0.4 is 11.0 Å². The lowest BCUT2D eigenvalue weighted by Crippen LogP contribution is -2.23. The van der Waals surface area contributed by atoms with Crippen LogP contribution in [0.3, 0.4) is 0 Å². The molecule has 1 heterocycles. The number of nitrogens with one attached hydrogen (secondary N) is 1. The summed E-state index contributed by atoms with van der Waals surface area (Å²) in [5.41, 5.74) is 4.26. The molecule has 23 heavy (non-hydrogen) atoms. The Morgan fingerprint density at radius 2 is 2.09 bits per heavy atom. The fourth-order valence-corrected chi connectivity index (χ4v) is 2.50. The third-order valence-corrected chi connectivity index (χ3v) is 3.64. The van der Waals surface area contributed by atoms with Crippen LogP contribution in [0, 0.1) is 0 Å². The SMILES string of the molecule is CCn1c(N/N=C\c2cccc(Cl)c2)nc2ccccc2c1=O. The quantitative estimate of drug-likeness (QED) is 0.589. The molecule has 0 aliphatic rings. The van der Waals surface area contributed by atoms with Crippen LogP contribution in [0.1, 0.15) is 12.5 Å². The van der Waals surface area contributed by atoms with Crippen molar-refractivity contribution in [3.05, 3.63) is 69.5 Å². The van der Waals surface area contributed by atoms with E-state index in [-0.39, 0.29) is 5.56 Å². The third kappa shape index (κ3) is 3.24. The van der Waals surface area contributed by atoms with E-state index in [1.54, 1.807) is 29.0 Å². The molecular weight excluding hydrogens is 312 g/mol. The molecule has 0 saturated heterocycles. The molecule has 0 saturated carbocycles. The molecule has 0 atom stereocenters. The van der Waals surface area contributed by atoms with Gasteiger partial charge in [-0.25, -0.2) is 10.4 Å². The van der Waals surface area contributed by atoms with Gasteiger partial charge in [-0.15, -0.1) is 0 Å². The van der Waals surface area contributed by atoms with Crippen LogP contribution in [0.4, 0.5) is 5.95 Å². The maximum atomic E-state index is 12.5. The van der Waals surface area contributed by atoms with E-state index in [0.29, 0.717) is 28.4 Å². The van der Waals surface area contributed by atoms with Crippen molar-refractivity contribution in [2.45, 2.75) is 13.5 Å². The number of hydrogen-bond donors (Lipinski definition) is 1. The average molecular weight is 327 g/mol. The first kappa shape index (κ1) is 15.2. The van der Waals surface area contributed by atoms with Crippen LogP contribution in [0.5, 0.6) is 0 Å². The molecule has 1 N–H and O–H groups in total. The smallest absolute Gasteiger partial charge is 0.262 e. The summed E-state index contributed by atoms with van der Waals surface area (Å²) in [6.07, 6.45) is 1.63. The van der Waals surface area contributed by atoms with E-state index in [1.807, 2.05) is 37.3 Å². The van der Waals surface area contributed by atoms with Crippen LogP contribution in [-0.4, -0.2) is 15.8 Å². The van der Waals surface area contributed by atoms with E-state index in [9.17, 15) is 4.79 Å². The first-order valence-electron chi connectivity index (χ1n) is 7.23. The van der Waals surface area contributed by atoms with Crippen molar-refractivity contribution < 1.29 is 0 Å². The van der Waals surface area contributed by atoms with Crippen LogP contribution in [0.2, 0.25) is 5.02 Å². The largest absolute Gasteiger partial charge is 0.277 e. The molecule has 6 heteroatoms. The molecule has 116 valence electrons. The van der Waals surface area contributed by atoms with Gasteiger partial charge in [0.2, 0.25) is 5.95 Å². The van der Waals surface area contributed by atoms with Gasteiger partial charge in [0.1, 0.15) is 0 Å². The second-order valence-corrected chi connectivity index (χ2v) is 5.36. The Bertz CT molecular complexity index is 933. The van der Waals surface area contributed by atoms with Crippen LogP contribution in [-0.2, 0) is 6.54 Å². The number of nitrogens with zero attached hydrogens (tertiary/aromatic N) is 3. The summed E-state index contributed by atoms with van der Waals surface area (Å²) in [5.74, 6) is 0.412. The summed E-state index contributed by atoms with van der Waals surface area (Å²) in [5, 5.41) is 5.39. The average Bonchev–Trinajstić information content (AvgIpc) is 2.55. The van der Waals surface area contributed by atoms with E-state index >= 15 is 0 Å². The van der Waals surface area contributed by atoms with E-state index in [0.717, 1.165) is 5.56 Å². The molecule has 2 aromatic carbocycles. The van der Waals surface area contributed by atoms with E-state index < -0.39 is 0 Å². The Morgan fingerprint density at radius 3 is 2.87 bits per heavy atom. The van der Waals surface area contributed by atoms with Gasteiger partial charge in [-0.2, -0.15) is 5.10 Å². The molecule has 0 radical (unpaired) electrons. The molecule has 0 bridgehead atoms. The highest BCUT2D eigenvalue weighted by Gasteiger charge is 2.08. The number of para-hydroxylation sites is 1. The summed E-state index contributed by atoms with van der Waals surface area (Å²) < 4.78 is 1.55. The molecule has 0 aliphatic heterocycles. The maximum Gasteiger partial charge on any atom is 0.262 e. The number of fused-ring (bicyclic) bond motifs is 1. The number of aromatic nitrogens is 2. The number of hydrazone groups is 1. The normalized spacial score (nSPS) is 11.2. The molecular formula is C17H15ClN4O. The second kappa shape index (κ2) is 6.62. The van der Waals surface area contributed by atoms with Crippen molar-refractivity contribution in [3.63, 3.8) is 0 Å². The van der Waals surface area contributed by atoms with Crippen molar-refractivity contribution in [3.8, 4) is 0 Å². The van der Waals surface area contributed by atoms with Gasteiger partial charge in [-0.05, 0) is 36.8 Å². The molecule has 1 aromatic heterocycles. The fraction of sp³-hybridized carbons (Fsp3) is 0.118. The lowest BCUT2D eigenvalue weighted by molar-refractivity contribution is 0.724. The van der Waals surface area contributed by atoms with E-state index in [2.05, 4.69) is 15.5 Å². The summed E-state index contributed by atoms with van der Waals surface area (Å²) in [6.45, 7) is 2.40. The van der Waals surface area contributed by atoms with E-state index in [1.165, 1.54) is 0 Å². The van der Waals surface area contributed by atoms with Gasteiger partial charge in [0.25, 0.3) is 5.56 Å². The third-order valence-electron chi connectivity index (χ3n) is 3.40. The van der Waals surface area contributed by atoms with Crippen LogP contribution in [0.15, 0.2) is 58.4 Å². The predicted octanol–water partition coefficient (Wildman–Crippen LogP) is 3.52. The summed E-state index contributed by atoms with van der Waals surface area (Å²) in [7, 11) is 0. The molecule has 0 spiro atoms. The fourth-order valence-electron chi connectivity index (χ4n) is 2.30. The Labute approximate surface area is 138 Å². The predicted molar refractivity (Wildman–Crippen MR) is 94.3 cm³/mol. The van der Waals surface area contributed by atoms with E-state index in [4.69, 9.17) is 11.6 Å². The van der Waals surface area contributed by atoms with Gasteiger partial charge in [0.05, 0.1) is 17.1 Å². The highest BCUT2D eigenvalue weighted by Crippen LogP contribution is 2.12. The zero-order valence-corrected chi connectivity index (χ0v) is 13.3. The topological polar surface area (TPSA) is 59.3 Å². The number of rotatable bonds is 4. The minimum atomic E-state index is -0.0847. The summed E-state index contributed by atoms with van der Waals surface area (Å²) in [6, 6.07) is 14.6. The Morgan fingerprint density at radius 1 is 1.26 bits per heavy atom. The number of anilines is 1. The number of halogens is 1. The molecule has 0 fully saturated rings. The number of benzene rings is 2. The molecule has 0 amide bonds. The minimum Gasteiger partial charge on any atom is -0.277 e. The first-order valence-corrected chi connectivity index (χ1v) is 7.61. The molecule has 5 nitrogen and oxygen atoms in total. The second-order valence-electron chi connectivity index (χ2n) is 4.93. The van der Waals surface area contributed by atoms with Crippen LogP contribution >= 0.6 is 11.6 Å². The maximum absolute atomic E-state index is 12.5. The molecule has 0 unspecified atom stereocenters. The monoisotopic (exact) mass is 326 g/mol. The van der Waals surface area contributed by atoms with Crippen molar-refractivity contribution >= 4 is 34.7 Å². The lowest BCUT2D eigenvalue weighted by atomic mass is 10.2. The van der Waals surface area contributed by atoms with Crippen molar-refractivity contribution in [1.29, 1.82) is 0 Å².